The quantitative estimate of drug-likeness (QED) is 0.787. The second kappa shape index (κ2) is 6.29. The van der Waals surface area contributed by atoms with Crippen LogP contribution in [0.5, 0.6) is 0 Å². The van der Waals surface area contributed by atoms with Gasteiger partial charge in [-0.25, -0.2) is 14.2 Å². The van der Waals surface area contributed by atoms with Crippen LogP contribution in [-0.2, 0) is 20.0 Å². The van der Waals surface area contributed by atoms with Crippen molar-refractivity contribution in [3.8, 4) is 0 Å². The third-order valence-electron chi connectivity index (χ3n) is 3.04. The Bertz CT molecular complexity index is 610. The van der Waals surface area contributed by atoms with Crippen molar-refractivity contribution in [2.45, 2.75) is 13.0 Å². The van der Waals surface area contributed by atoms with Crippen LogP contribution in [0.4, 0.5) is 4.39 Å². The van der Waals surface area contributed by atoms with Gasteiger partial charge in [-0.3, -0.25) is 0 Å². The number of imidazole rings is 1. The summed E-state index contributed by atoms with van der Waals surface area (Å²) in [6.07, 6.45) is 4.41. The number of benzene rings is 1. The minimum atomic E-state index is -1.25. The van der Waals surface area contributed by atoms with Gasteiger partial charge in [0.25, 0.3) is 0 Å². The van der Waals surface area contributed by atoms with Gasteiger partial charge in [0.2, 0.25) is 0 Å². The number of halogens is 1. The molecule has 0 spiro atoms. The van der Waals surface area contributed by atoms with Crippen molar-refractivity contribution < 1.29 is 14.3 Å². The first kappa shape index (κ1) is 14.2. The molecule has 2 aromatic rings. The van der Waals surface area contributed by atoms with Gasteiger partial charge in [-0.2, -0.15) is 0 Å². The highest BCUT2D eigenvalue weighted by molar-refractivity contribution is 5.87. The number of carboxylic acid groups (broad SMARTS) is 1. The molecule has 0 aliphatic rings. The lowest BCUT2D eigenvalue weighted by Crippen LogP contribution is -2.18. The van der Waals surface area contributed by atoms with E-state index in [9.17, 15) is 9.18 Å². The van der Waals surface area contributed by atoms with Crippen molar-refractivity contribution in [1.82, 2.24) is 14.9 Å². The Morgan fingerprint density at radius 2 is 2.30 bits per heavy atom. The Kier molecular flexibility index (Phi) is 4.47. The Morgan fingerprint density at radius 3 is 2.90 bits per heavy atom. The van der Waals surface area contributed by atoms with Gasteiger partial charge in [-0.15, -0.1) is 0 Å². The third kappa shape index (κ3) is 3.42. The molecule has 0 unspecified atom stereocenters. The van der Waals surface area contributed by atoms with Crippen LogP contribution >= 0.6 is 0 Å². The van der Waals surface area contributed by atoms with Crippen LogP contribution in [0, 0.1) is 5.82 Å². The number of hydrogen-bond acceptors (Lipinski definition) is 3. The van der Waals surface area contributed by atoms with Gasteiger partial charge in [-0.05, 0) is 17.7 Å². The molecule has 0 atom stereocenters. The second-order valence-corrected chi connectivity index (χ2v) is 4.50. The van der Waals surface area contributed by atoms with Crippen LogP contribution < -0.4 is 5.32 Å². The number of nitrogens with zero attached hydrogens (tertiary/aromatic N) is 2. The van der Waals surface area contributed by atoms with Crippen LogP contribution in [0.15, 0.2) is 30.6 Å². The summed E-state index contributed by atoms with van der Waals surface area (Å²) in [5.41, 5.74) is 0.411. The monoisotopic (exact) mass is 277 g/mol. The molecular formula is C14H16FN3O2. The highest BCUT2D eigenvalue weighted by Gasteiger charge is 2.10. The molecule has 106 valence electrons. The number of hydrogen-bond donors (Lipinski definition) is 2. The van der Waals surface area contributed by atoms with Gasteiger partial charge in [0.05, 0.1) is 5.56 Å². The maximum atomic E-state index is 13.5. The number of aromatic carboxylic acids is 1. The summed E-state index contributed by atoms with van der Waals surface area (Å²) in [5.74, 6) is -0.984. The molecule has 0 amide bonds. The minimum Gasteiger partial charge on any atom is -0.478 e. The van der Waals surface area contributed by atoms with Crippen molar-refractivity contribution in [2.75, 3.05) is 6.54 Å². The molecule has 0 saturated heterocycles. The van der Waals surface area contributed by atoms with E-state index in [1.54, 1.807) is 12.3 Å². The molecular weight excluding hydrogens is 261 g/mol. The number of aryl methyl sites for hydroxylation is 1. The van der Waals surface area contributed by atoms with Gasteiger partial charge in [-0.1, -0.05) is 6.07 Å². The number of carbonyl (C=O) groups is 1. The summed E-state index contributed by atoms with van der Waals surface area (Å²) in [4.78, 5) is 14.9. The molecule has 0 fully saturated rings. The predicted molar refractivity (Wildman–Crippen MR) is 72.0 cm³/mol. The summed E-state index contributed by atoms with van der Waals surface area (Å²) < 4.78 is 15.4. The van der Waals surface area contributed by atoms with Crippen molar-refractivity contribution in [3.63, 3.8) is 0 Å². The highest BCUT2D eigenvalue weighted by Crippen LogP contribution is 2.10. The van der Waals surface area contributed by atoms with Gasteiger partial charge >= 0.3 is 5.97 Å². The lowest BCUT2D eigenvalue weighted by molar-refractivity contribution is 0.0692. The zero-order chi connectivity index (χ0) is 14.5. The van der Waals surface area contributed by atoms with Gasteiger partial charge in [0.1, 0.15) is 11.6 Å². The molecule has 1 aromatic heterocycles. The average molecular weight is 277 g/mol. The van der Waals surface area contributed by atoms with Gasteiger partial charge < -0.3 is 15.0 Å². The molecule has 2 rings (SSSR count). The average Bonchev–Trinajstić information content (AvgIpc) is 2.80. The van der Waals surface area contributed by atoms with Crippen LogP contribution in [-0.4, -0.2) is 27.2 Å². The number of carboxylic acids is 1. The Labute approximate surface area is 116 Å². The molecule has 0 saturated carbocycles. The van der Waals surface area contributed by atoms with Crippen molar-refractivity contribution in [3.05, 3.63) is 53.4 Å². The molecule has 5 nitrogen and oxygen atoms in total. The normalized spacial score (nSPS) is 10.7. The van der Waals surface area contributed by atoms with Crippen LogP contribution in [0.3, 0.4) is 0 Å². The molecule has 1 heterocycles. The zero-order valence-electron chi connectivity index (χ0n) is 11.1. The maximum Gasteiger partial charge on any atom is 0.338 e. The first-order chi connectivity index (χ1) is 9.58. The second-order valence-electron chi connectivity index (χ2n) is 4.50. The lowest BCUT2D eigenvalue weighted by Gasteiger charge is -2.06. The summed E-state index contributed by atoms with van der Waals surface area (Å²) in [6, 6.07) is 4.14. The molecule has 1 aromatic carbocycles. The Morgan fingerprint density at radius 1 is 1.50 bits per heavy atom. The van der Waals surface area contributed by atoms with Gasteiger partial charge in [0.15, 0.2) is 0 Å². The molecule has 2 N–H and O–H groups in total. The van der Waals surface area contributed by atoms with E-state index >= 15 is 0 Å². The molecule has 0 radical (unpaired) electrons. The van der Waals surface area contributed by atoms with Gasteiger partial charge in [0, 0.05) is 39.0 Å². The fourth-order valence-electron chi connectivity index (χ4n) is 1.91. The number of nitrogens with one attached hydrogen (secondary N) is 1. The number of rotatable bonds is 6. The fraction of sp³-hybridized carbons (Fsp3) is 0.286. The molecule has 6 heteroatoms. The molecule has 0 bridgehead atoms. The van der Waals surface area contributed by atoms with Crippen molar-refractivity contribution in [1.29, 1.82) is 0 Å². The van der Waals surface area contributed by atoms with E-state index in [-0.39, 0.29) is 5.56 Å². The van der Waals surface area contributed by atoms with Crippen LogP contribution in [0.2, 0.25) is 0 Å². The van der Waals surface area contributed by atoms with E-state index in [0.717, 1.165) is 12.2 Å². The predicted octanol–water partition coefficient (Wildman–Crippen LogP) is 1.59. The van der Waals surface area contributed by atoms with Crippen LogP contribution in [0.25, 0.3) is 0 Å². The summed E-state index contributed by atoms with van der Waals surface area (Å²) in [6.45, 7) is 1.20. The number of aromatic nitrogens is 2. The smallest absolute Gasteiger partial charge is 0.338 e. The molecule has 0 aliphatic heterocycles. The lowest BCUT2D eigenvalue weighted by atomic mass is 10.1. The minimum absolute atomic E-state index is 0.304. The van der Waals surface area contributed by atoms with Crippen LogP contribution in [0.1, 0.15) is 21.7 Å². The maximum absolute atomic E-state index is 13.5. The summed E-state index contributed by atoms with van der Waals surface area (Å²) >= 11 is 0. The van der Waals surface area contributed by atoms with E-state index in [1.165, 1.54) is 12.1 Å². The Hall–Kier alpha value is -2.21. The van der Waals surface area contributed by atoms with E-state index in [4.69, 9.17) is 5.11 Å². The summed E-state index contributed by atoms with van der Waals surface area (Å²) in [7, 11) is 1.93. The SMILES string of the molecule is Cn1ccnc1CCNCc1ccc(C(=O)O)c(F)c1. The summed E-state index contributed by atoms with van der Waals surface area (Å²) in [5, 5.41) is 11.9. The van der Waals surface area contributed by atoms with Crippen molar-refractivity contribution >= 4 is 5.97 Å². The van der Waals surface area contributed by atoms with E-state index < -0.39 is 11.8 Å². The third-order valence-corrected chi connectivity index (χ3v) is 3.04. The topological polar surface area (TPSA) is 67.2 Å². The fourth-order valence-corrected chi connectivity index (χ4v) is 1.91. The molecule has 20 heavy (non-hydrogen) atoms. The highest BCUT2D eigenvalue weighted by atomic mass is 19.1. The van der Waals surface area contributed by atoms with E-state index in [0.29, 0.717) is 18.7 Å². The first-order valence-electron chi connectivity index (χ1n) is 6.26. The largest absolute Gasteiger partial charge is 0.478 e. The standard InChI is InChI=1S/C14H16FN3O2/c1-18-7-6-17-13(18)4-5-16-9-10-2-3-11(14(19)20)12(15)8-10/h2-3,6-8,16H,4-5,9H2,1H3,(H,19,20). The van der Waals surface area contributed by atoms with Crippen molar-refractivity contribution in [2.24, 2.45) is 7.05 Å². The van der Waals surface area contributed by atoms with E-state index in [2.05, 4.69) is 10.3 Å². The first-order valence-corrected chi connectivity index (χ1v) is 6.26. The van der Waals surface area contributed by atoms with E-state index in [1.807, 2.05) is 17.8 Å². The Balaban J connectivity index is 1.84. The zero-order valence-corrected chi connectivity index (χ0v) is 11.1. The molecule has 0 aliphatic carbocycles.